The van der Waals surface area contributed by atoms with Crippen LogP contribution in [0.1, 0.15) is 17.5 Å². The van der Waals surface area contributed by atoms with E-state index in [-0.39, 0.29) is 11.7 Å². The van der Waals surface area contributed by atoms with Crippen molar-refractivity contribution < 1.29 is 23.4 Å². The van der Waals surface area contributed by atoms with Crippen molar-refractivity contribution in [3.63, 3.8) is 0 Å². The number of halogens is 1. The molecule has 144 valence electrons. The standard InChI is InChI=1S/C21H24FNO4/c1-25-18-12-8-16(20(26-2)21(18)27-3)9-13-19(24)23-14-4-5-15-6-10-17(22)11-7-15/h6-13H,4-5,14H2,1-3H3,(H,23,24)/b13-9+. The molecule has 0 unspecified atom stereocenters. The van der Waals surface area contributed by atoms with E-state index < -0.39 is 0 Å². The number of methoxy groups -OCH3 is 3. The maximum absolute atomic E-state index is 12.9. The minimum atomic E-state index is -0.247. The molecule has 1 N–H and O–H groups in total. The van der Waals surface area contributed by atoms with Crippen molar-refractivity contribution in [2.24, 2.45) is 0 Å². The van der Waals surface area contributed by atoms with Crippen LogP contribution in [0.3, 0.4) is 0 Å². The molecule has 1 amide bonds. The fourth-order valence-corrected chi connectivity index (χ4v) is 2.64. The van der Waals surface area contributed by atoms with Crippen LogP contribution in [0.15, 0.2) is 42.5 Å². The first kappa shape index (κ1) is 20.3. The van der Waals surface area contributed by atoms with E-state index >= 15 is 0 Å². The quantitative estimate of drug-likeness (QED) is 0.539. The molecule has 0 aliphatic carbocycles. The third kappa shape index (κ3) is 5.74. The molecule has 2 rings (SSSR count). The molecular formula is C21H24FNO4. The van der Waals surface area contributed by atoms with E-state index in [2.05, 4.69) is 5.32 Å². The Hall–Kier alpha value is -3.02. The molecule has 5 nitrogen and oxygen atoms in total. The predicted octanol–water partition coefficient (Wildman–Crippen LogP) is 3.61. The number of carbonyl (C=O) groups excluding carboxylic acids is 1. The average Bonchev–Trinajstić information content (AvgIpc) is 2.69. The lowest BCUT2D eigenvalue weighted by atomic mass is 10.1. The average molecular weight is 373 g/mol. The van der Waals surface area contributed by atoms with Crippen molar-refractivity contribution in [2.75, 3.05) is 27.9 Å². The Labute approximate surface area is 158 Å². The lowest BCUT2D eigenvalue weighted by Crippen LogP contribution is -2.22. The molecule has 2 aromatic carbocycles. The fourth-order valence-electron chi connectivity index (χ4n) is 2.64. The minimum Gasteiger partial charge on any atom is -0.493 e. The SMILES string of the molecule is COc1ccc(/C=C/C(=O)NCCCc2ccc(F)cc2)c(OC)c1OC. The van der Waals surface area contributed by atoms with E-state index in [4.69, 9.17) is 14.2 Å². The Balaban J connectivity index is 1.89. The highest BCUT2D eigenvalue weighted by Crippen LogP contribution is 2.40. The molecule has 2 aromatic rings. The molecule has 27 heavy (non-hydrogen) atoms. The number of hydrogen-bond acceptors (Lipinski definition) is 4. The summed E-state index contributed by atoms with van der Waals surface area (Å²) in [7, 11) is 4.61. The minimum absolute atomic E-state index is 0.203. The zero-order valence-electron chi connectivity index (χ0n) is 15.8. The summed E-state index contributed by atoms with van der Waals surface area (Å²) in [5.74, 6) is 1.07. The number of carbonyl (C=O) groups is 1. The van der Waals surface area contributed by atoms with Crippen LogP contribution in [-0.4, -0.2) is 33.8 Å². The number of nitrogens with one attached hydrogen (secondary N) is 1. The van der Waals surface area contributed by atoms with Gasteiger partial charge < -0.3 is 19.5 Å². The third-order valence-corrected chi connectivity index (χ3v) is 4.00. The Morgan fingerprint density at radius 1 is 1.00 bits per heavy atom. The van der Waals surface area contributed by atoms with E-state index in [1.165, 1.54) is 32.4 Å². The summed E-state index contributed by atoms with van der Waals surface area (Å²) in [6.07, 6.45) is 4.65. The molecule has 0 bridgehead atoms. The molecule has 0 radical (unpaired) electrons. The van der Waals surface area contributed by atoms with E-state index in [1.54, 1.807) is 37.5 Å². The van der Waals surface area contributed by atoms with Gasteiger partial charge >= 0.3 is 0 Å². The van der Waals surface area contributed by atoms with Crippen LogP contribution in [0.25, 0.3) is 6.08 Å². The zero-order chi connectivity index (χ0) is 19.6. The highest BCUT2D eigenvalue weighted by Gasteiger charge is 2.14. The van der Waals surface area contributed by atoms with Gasteiger partial charge in [-0.05, 0) is 48.7 Å². The molecule has 6 heteroatoms. The van der Waals surface area contributed by atoms with Gasteiger partial charge in [0.1, 0.15) is 5.82 Å². The third-order valence-electron chi connectivity index (χ3n) is 4.00. The molecule has 0 atom stereocenters. The summed E-state index contributed by atoms with van der Waals surface area (Å²) >= 11 is 0. The van der Waals surface area contributed by atoms with Crippen molar-refractivity contribution in [1.82, 2.24) is 5.32 Å². The highest BCUT2D eigenvalue weighted by atomic mass is 19.1. The normalized spacial score (nSPS) is 10.7. The number of benzene rings is 2. The van der Waals surface area contributed by atoms with Crippen LogP contribution in [0.2, 0.25) is 0 Å². The van der Waals surface area contributed by atoms with Gasteiger partial charge in [-0.3, -0.25) is 4.79 Å². The molecule has 0 aliphatic heterocycles. The first-order chi connectivity index (χ1) is 13.1. The van der Waals surface area contributed by atoms with Crippen LogP contribution in [-0.2, 0) is 11.2 Å². The number of hydrogen-bond donors (Lipinski definition) is 1. The monoisotopic (exact) mass is 373 g/mol. The van der Waals surface area contributed by atoms with Crippen molar-refractivity contribution in [2.45, 2.75) is 12.8 Å². The Bertz CT molecular complexity index is 788. The van der Waals surface area contributed by atoms with Crippen LogP contribution >= 0.6 is 0 Å². The second-order valence-corrected chi connectivity index (χ2v) is 5.78. The van der Waals surface area contributed by atoms with Crippen LogP contribution in [0.4, 0.5) is 4.39 Å². The van der Waals surface area contributed by atoms with Gasteiger partial charge in [-0.25, -0.2) is 4.39 Å². The molecule has 0 saturated heterocycles. The van der Waals surface area contributed by atoms with Crippen LogP contribution < -0.4 is 19.5 Å². The second kappa shape index (κ2) is 10.2. The number of ether oxygens (including phenoxy) is 3. The molecule has 0 saturated carbocycles. The molecule has 0 fully saturated rings. The first-order valence-corrected chi connectivity index (χ1v) is 8.58. The summed E-state index contributed by atoms with van der Waals surface area (Å²) in [5.41, 5.74) is 1.74. The van der Waals surface area contributed by atoms with Crippen molar-refractivity contribution in [1.29, 1.82) is 0 Å². The van der Waals surface area contributed by atoms with Gasteiger partial charge in [0.15, 0.2) is 11.5 Å². The van der Waals surface area contributed by atoms with E-state index in [0.717, 1.165) is 18.4 Å². The number of aryl methyl sites for hydroxylation is 1. The zero-order valence-corrected chi connectivity index (χ0v) is 15.8. The Morgan fingerprint density at radius 2 is 1.70 bits per heavy atom. The maximum atomic E-state index is 12.9. The van der Waals surface area contributed by atoms with Gasteiger partial charge in [-0.2, -0.15) is 0 Å². The topological polar surface area (TPSA) is 56.8 Å². The van der Waals surface area contributed by atoms with Gasteiger partial charge in [-0.1, -0.05) is 12.1 Å². The molecule has 0 spiro atoms. The molecule has 0 aliphatic rings. The summed E-state index contributed by atoms with van der Waals surface area (Å²) in [5, 5.41) is 2.83. The van der Waals surface area contributed by atoms with Gasteiger partial charge in [-0.15, -0.1) is 0 Å². The van der Waals surface area contributed by atoms with Gasteiger partial charge in [0.25, 0.3) is 0 Å². The number of rotatable bonds is 9. The van der Waals surface area contributed by atoms with Crippen molar-refractivity contribution >= 4 is 12.0 Å². The van der Waals surface area contributed by atoms with Crippen LogP contribution in [0.5, 0.6) is 17.2 Å². The Morgan fingerprint density at radius 3 is 2.33 bits per heavy atom. The van der Waals surface area contributed by atoms with Crippen molar-refractivity contribution in [3.05, 3.63) is 59.4 Å². The van der Waals surface area contributed by atoms with Crippen molar-refractivity contribution in [3.8, 4) is 17.2 Å². The highest BCUT2D eigenvalue weighted by molar-refractivity contribution is 5.92. The number of amides is 1. The fraction of sp³-hybridized carbons (Fsp3) is 0.286. The van der Waals surface area contributed by atoms with E-state index in [9.17, 15) is 9.18 Å². The maximum Gasteiger partial charge on any atom is 0.244 e. The Kier molecular flexibility index (Phi) is 7.67. The predicted molar refractivity (Wildman–Crippen MR) is 103 cm³/mol. The van der Waals surface area contributed by atoms with Gasteiger partial charge in [0.2, 0.25) is 11.7 Å². The lowest BCUT2D eigenvalue weighted by Gasteiger charge is -2.13. The summed E-state index contributed by atoms with van der Waals surface area (Å²) in [6.45, 7) is 0.531. The van der Waals surface area contributed by atoms with Gasteiger partial charge in [0, 0.05) is 18.2 Å². The largest absolute Gasteiger partial charge is 0.493 e. The van der Waals surface area contributed by atoms with Gasteiger partial charge in [0.05, 0.1) is 21.3 Å². The van der Waals surface area contributed by atoms with E-state index in [1.807, 2.05) is 0 Å². The second-order valence-electron chi connectivity index (χ2n) is 5.78. The molecule has 0 heterocycles. The van der Waals surface area contributed by atoms with Crippen LogP contribution in [0, 0.1) is 5.82 Å². The lowest BCUT2D eigenvalue weighted by molar-refractivity contribution is -0.116. The molecule has 0 aromatic heterocycles. The summed E-state index contributed by atoms with van der Waals surface area (Å²) < 4.78 is 28.8. The summed E-state index contributed by atoms with van der Waals surface area (Å²) in [6, 6.07) is 9.92. The summed E-state index contributed by atoms with van der Waals surface area (Å²) in [4.78, 5) is 12.0. The smallest absolute Gasteiger partial charge is 0.244 e. The first-order valence-electron chi connectivity index (χ1n) is 8.58. The molecular weight excluding hydrogens is 349 g/mol. The van der Waals surface area contributed by atoms with E-state index in [0.29, 0.717) is 29.4 Å².